The summed E-state index contributed by atoms with van der Waals surface area (Å²) in [6.07, 6.45) is 9.53. The molecule has 0 aromatic carbocycles. The van der Waals surface area contributed by atoms with Gasteiger partial charge in [-0.3, -0.25) is 4.90 Å². The highest BCUT2D eigenvalue weighted by molar-refractivity contribution is 4.89. The summed E-state index contributed by atoms with van der Waals surface area (Å²) in [4.78, 5) is 2.40. The minimum Gasteiger partial charge on any atom is -0.395 e. The van der Waals surface area contributed by atoms with Crippen LogP contribution < -0.4 is 0 Å². The van der Waals surface area contributed by atoms with Crippen molar-refractivity contribution in [3.63, 3.8) is 0 Å². The summed E-state index contributed by atoms with van der Waals surface area (Å²) >= 11 is 0. The molecule has 3 nitrogen and oxygen atoms in total. The summed E-state index contributed by atoms with van der Waals surface area (Å²) in [7, 11) is 0. The van der Waals surface area contributed by atoms with Gasteiger partial charge in [0.1, 0.15) is 0 Å². The van der Waals surface area contributed by atoms with E-state index in [2.05, 4.69) is 4.90 Å². The molecule has 2 atom stereocenters. The molecule has 0 unspecified atom stereocenters. The molecule has 0 saturated heterocycles. The van der Waals surface area contributed by atoms with Gasteiger partial charge in [-0.05, 0) is 32.1 Å². The van der Waals surface area contributed by atoms with Crippen LogP contribution in [0.4, 0.5) is 0 Å². The minimum atomic E-state index is -0.159. The van der Waals surface area contributed by atoms with Crippen LogP contribution in [0.15, 0.2) is 0 Å². The van der Waals surface area contributed by atoms with E-state index < -0.39 is 0 Å². The average molecular weight is 227 g/mol. The quantitative estimate of drug-likeness (QED) is 0.765. The Morgan fingerprint density at radius 3 is 2.25 bits per heavy atom. The molecule has 2 aliphatic carbocycles. The fourth-order valence-electron chi connectivity index (χ4n) is 3.46. The Hall–Kier alpha value is -0.120. The first-order valence-electron chi connectivity index (χ1n) is 6.87. The van der Waals surface area contributed by atoms with E-state index in [1.54, 1.807) is 0 Å². The van der Waals surface area contributed by atoms with Gasteiger partial charge in [0.25, 0.3) is 0 Å². The van der Waals surface area contributed by atoms with Crippen molar-refractivity contribution in [2.45, 2.75) is 69.6 Å². The van der Waals surface area contributed by atoms with Crippen LogP contribution in [0, 0.1) is 0 Å². The van der Waals surface area contributed by atoms with E-state index in [1.807, 2.05) is 0 Å². The van der Waals surface area contributed by atoms with Crippen molar-refractivity contribution in [3.05, 3.63) is 0 Å². The van der Waals surface area contributed by atoms with Crippen LogP contribution in [0.2, 0.25) is 0 Å². The van der Waals surface area contributed by atoms with E-state index >= 15 is 0 Å². The molecule has 3 heteroatoms. The Morgan fingerprint density at radius 1 is 0.938 bits per heavy atom. The van der Waals surface area contributed by atoms with E-state index in [-0.39, 0.29) is 12.7 Å². The van der Waals surface area contributed by atoms with Gasteiger partial charge in [-0.15, -0.1) is 0 Å². The maximum Gasteiger partial charge on any atom is 0.0695 e. The fraction of sp³-hybridized carbons (Fsp3) is 1.00. The highest BCUT2D eigenvalue weighted by Gasteiger charge is 2.34. The molecular formula is C13H25NO2. The second-order valence-electron chi connectivity index (χ2n) is 5.32. The molecule has 0 amide bonds. The van der Waals surface area contributed by atoms with Gasteiger partial charge in [-0.25, -0.2) is 0 Å². The third kappa shape index (κ3) is 2.76. The molecule has 0 bridgehead atoms. The molecule has 16 heavy (non-hydrogen) atoms. The number of nitrogens with zero attached hydrogens (tertiary/aromatic N) is 1. The zero-order valence-corrected chi connectivity index (χ0v) is 10.1. The Labute approximate surface area is 98.5 Å². The highest BCUT2D eigenvalue weighted by atomic mass is 16.3. The van der Waals surface area contributed by atoms with Gasteiger partial charge in [-0.2, -0.15) is 0 Å². The third-order valence-corrected chi connectivity index (χ3v) is 4.27. The largest absolute Gasteiger partial charge is 0.395 e. The molecule has 2 saturated carbocycles. The minimum absolute atomic E-state index is 0.159. The molecule has 0 radical (unpaired) electrons. The Morgan fingerprint density at radius 2 is 1.69 bits per heavy atom. The number of aliphatic hydroxyl groups excluding tert-OH is 2. The lowest BCUT2D eigenvalue weighted by atomic mass is 9.92. The lowest BCUT2D eigenvalue weighted by Crippen LogP contribution is -2.48. The fourth-order valence-corrected chi connectivity index (χ4v) is 3.46. The molecule has 94 valence electrons. The van der Waals surface area contributed by atoms with E-state index in [4.69, 9.17) is 0 Å². The number of rotatable bonds is 4. The molecule has 0 aromatic rings. The SMILES string of the molecule is OCCN(C1CCCCC1)[C@H]1CCC[C@@H]1O. The lowest BCUT2D eigenvalue weighted by molar-refractivity contribution is 0.0205. The number of aliphatic hydroxyl groups is 2. The number of hydrogen-bond donors (Lipinski definition) is 2. The predicted molar refractivity (Wildman–Crippen MR) is 64.3 cm³/mol. The van der Waals surface area contributed by atoms with E-state index in [1.165, 1.54) is 32.1 Å². The zero-order chi connectivity index (χ0) is 11.4. The lowest BCUT2D eigenvalue weighted by Gasteiger charge is -2.39. The molecule has 2 rings (SSSR count). The Balaban J connectivity index is 1.97. The average Bonchev–Trinajstić information content (AvgIpc) is 2.73. The maximum atomic E-state index is 9.99. The summed E-state index contributed by atoms with van der Waals surface area (Å²) in [5, 5.41) is 19.2. The molecule has 2 N–H and O–H groups in total. The first-order valence-corrected chi connectivity index (χ1v) is 6.87. The van der Waals surface area contributed by atoms with E-state index in [9.17, 15) is 10.2 Å². The molecular weight excluding hydrogens is 202 g/mol. The van der Waals surface area contributed by atoms with Gasteiger partial charge >= 0.3 is 0 Å². The van der Waals surface area contributed by atoms with Crippen LogP contribution in [-0.4, -0.2) is 46.5 Å². The zero-order valence-electron chi connectivity index (χ0n) is 10.1. The normalized spacial score (nSPS) is 32.4. The molecule has 2 fully saturated rings. The third-order valence-electron chi connectivity index (χ3n) is 4.27. The second kappa shape index (κ2) is 5.99. The molecule has 0 aliphatic heterocycles. The van der Waals surface area contributed by atoms with Crippen molar-refractivity contribution >= 4 is 0 Å². The maximum absolute atomic E-state index is 9.99. The molecule has 0 spiro atoms. The standard InChI is InChI=1S/C13H25NO2/c15-10-9-14(11-5-2-1-3-6-11)12-7-4-8-13(12)16/h11-13,15-16H,1-10H2/t12-,13-/m0/s1. The van der Waals surface area contributed by atoms with Crippen LogP contribution in [0.3, 0.4) is 0 Å². The van der Waals surface area contributed by atoms with Crippen molar-refractivity contribution in [1.82, 2.24) is 4.90 Å². The van der Waals surface area contributed by atoms with Crippen LogP contribution >= 0.6 is 0 Å². The van der Waals surface area contributed by atoms with Gasteiger partial charge in [-0.1, -0.05) is 19.3 Å². The van der Waals surface area contributed by atoms with Gasteiger partial charge in [0, 0.05) is 18.6 Å². The monoisotopic (exact) mass is 227 g/mol. The number of hydrogen-bond acceptors (Lipinski definition) is 3. The first-order chi connectivity index (χ1) is 7.83. The summed E-state index contributed by atoms with van der Waals surface area (Å²) in [5.74, 6) is 0. The smallest absolute Gasteiger partial charge is 0.0695 e. The highest BCUT2D eigenvalue weighted by Crippen LogP contribution is 2.30. The Bertz CT molecular complexity index is 204. The van der Waals surface area contributed by atoms with Gasteiger partial charge in [0.15, 0.2) is 0 Å². The van der Waals surface area contributed by atoms with Crippen LogP contribution in [0.1, 0.15) is 51.4 Å². The summed E-state index contributed by atoms with van der Waals surface area (Å²) < 4.78 is 0. The Kier molecular flexibility index (Phi) is 4.62. The summed E-state index contributed by atoms with van der Waals surface area (Å²) in [5.41, 5.74) is 0. The molecule has 0 aromatic heterocycles. The van der Waals surface area contributed by atoms with Gasteiger partial charge in [0.05, 0.1) is 12.7 Å². The van der Waals surface area contributed by atoms with Crippen LogP contribution in [0.5, 0.6) is 0 Å². The summed E-state index contributed by atoms with van der Waals surface area (Å²) in [6.45, 7) is 0.964. The predicted octanol–water partition coefficient (Wildman–Crippen LogP) is 1.53. The van der Waals surface area contributed by atoms with Gasteiger partial charge < -0.3 is 10.2 Å². The van der Waals surface area contributed by atoms with Crippen molar-refractivity contribution in [1.29, 1.82) is 0 Å². The summed E-state index contributed by atoms with van der Waals surface area (Å²) in [6, 6.07) is 0.925. The topological polar surface area (TPSA) is 43.7 Å². The first kappa shape index (κ1) is 12.3. The molecule has 2 aliphatic rings. The second-order valence-corrected chi connectivity index (χ2v) is 5.32. The van der Waals surface area contributed by atoms with Crippen LogP contribution in [-0.2, 0) is 0 Å². The molecule has 0 heterocycles. The van der Waals surface area contributed by atoms with Gasteiger partial charge in [0.2, 0.25) is 0 Å². The van der Waals surface area contributed by atoms with E-state index in [0.29, 0.717) is 12.1 Å². The van der Waals surface area contributed by atoms with Crippen molar-refractivity contribution in [3.8, 4) is 0 Å². The van der Waals surface area contributed by atoms with E-state index in [0.717, 1.165) is 25.8 Å². The van der Waals surface area contributed by atoms with Crippen molar-refractivity contribution in [2.75, 3.05) is 13.2 Å². The van der Waals surface area contributed by atoms with Crippen LogP contribution in [0.25, 0.3) is 0 Å². The van der Waals surface area contributed by atoms with Crippen molar-refractivity contribution in [2.24, 2.45) is 0 Å². The van der Waals surface area contributed by atoms with Crippen molar-refractivity contribution < 1.29 is 10.2 Å².